The van der Waals surface area contributed by atoms with Gasteiger partial charge < -0.3 is 5.32 Å². The first-order valence-electron chi connectivity index (χ1n) is 10.2. The van der Waals surface area contributed by atoms with Gasteiger partial charge in [-0.1, -0.05) is 13.3 Å². The summed E-state index contributed by atoms with van der Waals surface area (Å²) in [7, 11) is 1.82. The molecule has 1 aliphatic rings. The highest BCUT2D eigenvalue weighted by molar-refractivity contribution is 5.96. The Morgan fingerprint density at radius 3 is 2.70 bits per heavy atom. The summed E-state index contributed by atoms with van der Waals surface area (Å²) < 4.78 is 28.6. The summed E-state index contributed by atoms with van der Waals surface area (Å²) in [6, 6.07) is 5.49. The molecule has 2 aromatic heterocycles. The van der Waals surface area contributed by atoms with Crippen LogP contribution in [-0.2, 0) is 13.6 Å². The second-order valence-electron chi connectivity index (χ2n) is 7.95. The first-order chi connectivity index (χ1) is 14.4. The third-order valence-corrected chi connectivity index (χ3v) is 5.85. The van der Waals surface area contributed by atoms with Gasteiger partial charge in [0, 0.05) is 45.0 Å². The van der Waals surface area contributed by atoms with Crippen molar-refractivity contribution in [1.29, 1.82) is 0 Å². The van der Waals surface area contributed by atoms with Crippen LogP contribution in [0.3, 0.4) is 0 Å². The number of nitrogens with zero attached hydrogens (tertiary/aromatic N) is 4. The smallest absolute Gasteiger partial charge is 0.253 e. The first kappa shape index (κ1) is 20.4. The van der Waals surface area contributed by atoms with E-state index in [9.17, 15) is 13.6 Å². The Kier molecular flexibility index (Phi) is 5.76. The Balaban J connectivity index is 1.41. The van der Waals surface area contributed by atoms with E-state index in [0.717, 1.165) is 43.0 Å². The predicted molar refractivity (Wildman–Crippen MR) is 110 cm³/mol. The van der Waals surface area contributed by atoms with Gasteiger partial charge in [0.05, 0.1) is 17.3 Å². The van der Waals surface area contributed by atoms with E-state index in [-0.39, 0.29) is 17.9 Å². The van der Waals surface area contributed by atoms with Gasteiger partial charge in [0.25, 0.3) is 5.91 Å². The fourth-order valence-electron chi connectivity index (χ4n) is 4.22. The summed E-state index contributed by atoms with van der Waals surface area (Å²) in [6.07, 6.45) is 4.93. The maximum absolute atomic E-state index is 13.5. The lowest BCUT2D eigenvalue weighted by Gasteiger charge is -2.38. The number of rotatable bonds is 5. The number of aryl methyl sites for hydroxylation is 1. The minimum Gasteiger partial charge on any atom is -0.349 e. The normalized spacial score (nSPS) is 19.9. The summed E-state index contributed by atoms with van der Waals surface area (Å²) in [4.78, 5) is 19.3. The molecular formula is C22H25F2N5O. The lowest BCUT2D eigenvalue weighted by atomic mass is 9.89. The molecule has 158 valence electrons. The molecule has 1 fully saturated rings. The van der Waals surface area contributed by atoms with Crippen molar-refractivity contribution in [2.45, 2.75) is 32.4 Å². The highest BCUT2D eigenvalue weighted by atomic mass is 19.1. The topological polar surface area (TPSA) is 63.1 Å². The summed E-state index contributed by atoms with van der Waals surface area (Å²) in [5, 5.41) is 7.32. The second-order valence-corrected chi connectivity index (χ2v) is 7.95. The molecule has 1 N–H and O–H groups in total. The van der Waals surface area contributed by atoms with Crippen molar-refractivity contribution in [3.63, 3.8) is 0 Å². The van der Waals surface area contributed by atoms with Crippen molar-refractivity contribution in [2.24, 2.45) is 13.0 Å². The van der Waals surface area contributed by atoms with Crippen molar-refractivity contribution in [1.82, 2.24) is 25.0 Å². The SMILES string of the molecule is CC[C@@H]1CN(Cc2cc(F)cc(F)c2)CC[C@@H]1NC(=O)c1cnc2cnn(C)c2c1. The summed E-state index contributed by atoms with van der Waals surface area (Å²) in [5.74, 6) is -0.999. The van der Waals surface area contributed by atoms with Gasteiger partial charge in [-0.15, -0.1) is 0 Å². The number of piperidine rings is 1. The molecule has 0 spiro atoms. The number of hydrogen-bond acceptors (Lipinski definition) is 4. The van der Waals surface area contributed by atoms with Crippen LogP contribution >= 0.6 is 0 Å². The maximum atomic E-state index is 13.5. The molecule has 2 atom stereocenters. The fourth-order valence-corrected chi connectivity index (χ4v) is 4.22. The Morgan fingerprint density at radius 1 is 1.20 bits per heavy atom. The van der Waals surface area contributed by atoms with Crippen LogP contribution in [0.4, 0.5) is 8.78 Å². The number of halogens is 2. The quantitative estimate of drug-likeness (QED) is 0.697. The average Bonchev–Trinajstić information content (AvgIpc) is 3.08. The average molecular weight is 413 g/mol. The van der Waals surface area contributed by atoms with Gasteiger partial charge in [-0.2, -0.15) is 5.10 Å². The number of benzene rings is 1. The molecule has 3 aromatic rings. The van der Waals surface area contributed by atoms with Crippen LogP contribution in [0.1, 0.15) is 35.7 Å². The molecule has 6 nitrogen and oxygen atoms in total. The van der Waals surface area contributed by atoms with Gasteiger partial charge in [0.1, 0.15) is 17.2 Å². The Bertz CT molecular complexity index is 1050. The number of aromatic nitrogens is 3. The predicted octanol–water partition coefficient (Wildman–Crippen LogP) is 3.28. The number of pyridine rings is 1. The van der Waals surface area contributed by atoms with E-state index in [1.807, 2.05) is 7.05 Å². The van der Waals surface area contributed by atoms with Crippen molar-refractivity contribution >= 4 is 16.9 Å². The van der Waals surface area contributed by atoms with Gasteiger partial charge in [-0.3, -0.25) is 19.4 Å². The van der Waals surface area contributed by atoms with Gasteiger partial charge in [-0.25, -0.2) is 8.78 Å². The van der Waals surface area contributed by atoms with Crippen LogP contribution in [0.2, 0.25) is 0 Å². The van der Waals surface area contributed by atoms with Crippen LogP contribution in [-0.4, -0.2) is 44.7 Å². The van der Waals surface area contributed by atoms with E-state index < -0.39 is 11.6 Å². The Morgan fingerprint density at radius 2 is 1.97 bits per heavy atom. The molecule has 30 heavy (non-hydrogen) atoms. The van der Waals surface area contributed by atoms with Crippen molar-refractivity contribution in [3.8, 4) is 0 Å². The zero-order chi connectivity index (χ0) is 21.3. The summed E-state index contributed by atoms with van der Waals surface area (Å²) in [6.45, 7) is 4.10. The number of carbonyl (C=O) groups excluding carboxylic acids is 1. The third-order valence-electron chi connectivity index (χ3n) is 5.85. The largest absolute Gasteiger partial charge is 0.349 e. The maximum Gasteiger partial charge on any atom is 0.253 e. The third kappa shape index (κ3) is 4.33. The lowest BCUT2D eigenvalue weighted by molar-refractivity contribution is 0.0840. The van der Waals surface area contributed by atoms with Gasteiger partial charge in [-0.05, 0) is 36.1 Å². The number of likely N-dealkylation sites (tertiary alicyclic amines) is 1. The number of fused-ring (bicyclic) bond motifs is 1. The van der Waals surface area contributed by atoms with Crippen LogP contribution in [0.25, 0.3) is 11.0 Å². The van der Waals surface area contributed by atoms with E-state index in [0.29, 0.717) is 17.7 Å². The fraction of sp³-hybridized carbons (Fsp3) is 0.409. The van der Waals surface area contributed by atoms with E-state index in [1.165, 1.54) is 12.1 Å². The molecule has 0 saturated carbocycles. The molecule has 3 heterocycles. The zero-order valence-electron chi connectivity index (χ0n) is 17.1. The number of amides is 1. The van der Waals surface area contributed by atoms with E-state index in [1.54, 1.807) is 23.1 Å². The van der Waals surface area contributed by atoms with Crippen molar-refractivity contribution in [3.05, 3.63) is 59.4 Å². The summed E-state index contributed by atoms with van der Waals surface area (Å²) >= 11 is 0. The van der Waals surface area contributed by atoms with Crippen molar-refractivity contribution < 1.29 is 13.6 Å². The molecule has 8 heteroatoms. The number of nitrogens with one attached hydrogen (secondary N) is 1. The van der Waals surface area contributed by atoms with Crippen LogP contribution in [0.5, 0.6) is 0 Å². The molecule has 1 aromatic carbocycles. The minimum atomic E-state index is -0.557. The highest BCUT2D eigenvalue weighted by Gasteiger charge is 2.29. The Hall–Kier alpha value is -2.87. The molecule has 0 unspecified atom stereocenters. The minimum absolute atomic E-state index is 0.0465. The van der Waals surface area contributed by atoms with Gasteiger partial charge in [0.15, 0.2) is 0 Å². The molecule has 0 bridgehead atoms. The van der Waals surface area contributed by atoms with Crippen LogP contribution < -0.4 is 5.32 Å². The molecular weight excluding hydrogens is 388 g/mol. The summed E-state index contributed by atoms with van der Waals surface area (Å²) in [5.41, 5.74) is 2.70. The van der Waals surface area contributed by atoms with Gasteiger partial charge >= 0.3 is 0 Å². The van der Waals surface area contributed by atoms with E-state index in [4.69, 9.17) is 0 Å². The first-order valence-corrected chi connectivity index (χ1v) is 10.2. The molecule has 0 aliphatic carbocycles. The molecule has 1 amide bonds. The van der Waals surface area contributed by atoms with E-state index in [2.05, 4.69) is 27.2 Å². The number of hydrogen-bond donors (Lipinski definition) is 1. The molecule has 4 rings (SSSR count). The monoisotopic (exact) mass is 413 g/mol. The Labute approximate surface area is 173 Å². The lowest BCUT2D eigenvalue weighted by Crippen LogP contribution is -2.50. The van der Waals surface area contributed by atoms with Crippen LogP contribution in [0.15, 0.2) is 36.7 Å². The number of carbonyl (C=O) groups is 1. The highest BCUT2D eigenvalue weighted by Crippen LogP contribution is 2.23. The molecule has 1 aliphatic heterocycles. The van der Waals surface area contributed by atoms with Crippen molar-refractivity contribution in [2.75, 3.05) is 13.1 Å². The standard InChI is InChI=1S/C22H25F2N5O/c1-3-15-13-29(12-14-6-17(23)9-18(24)7-14)5-4-19(15)27-22(30)16-8-21-20(25-10-16)11-26-28(21)2/h6-11,15,19H,3-5,12-13H2,1-2H3,(H,27,30)/t15-,19+/m1/s1. The molecule has 0 radical (unpaired) electrons. The van der Waals surface area contributed by atoms with E-state index >= 15 is 0 Å². The molecule has 1 saturated heterocycles. The van der Waals surface area contributed by atoms with Crippen LogP contribution in [0, 0.1) is 17.6 Å². The van der Waals surface area contributed by atoms with Gasteiger partial charge in [0.2, 0.25) is 0 Å². The second kappa shape index (κ2) is 8.47. The zero-order valence-corrected chi connectivity index (χ0v) is 17.1.